The van der Waals surface area contributed by atoms with Gasteiger partial charge >= 0.3 is 0 Å². The third kappa shape index (κ3) is 3.55. The molecule has 1 saturated heterocycles. The molecule has 2 aromatic carbocycles. The van der Waals surface area contributed by atoms with Gasteiger partial charge in [0, 0.05) is 29.7 Å². The van der Waals surface area contributed by atoms with Crippen LogP contribution in [0.5, 0.6) is 0 Å². The zero-order valence-electron chi connectivity index (χ0n) is 14.8. The summed E-state index contributed by atoms with van der Waals surface area (Å²) in [5, 5.41) is 3.68. The lowest BCUT2D eigenvalue weighted by atomic mass is 10.1. The highest BCUT2D eigenvalue weighted by Gasteiger charge is 2.37. The molecular formula is C20H17ClN2O4S. The molecule has 1 aliphatic rings. The first-order valence-corrected chi connectivity index (χ1v) is 10.7. The molecule has 144 valence electrons. The van der Waals surface area contributed by atoms with E-state index in [1.54, 1.807) is 18.2 Å². The Balaban J connectivity index is 1.49. The normalized spacial score (nSPS) is 17.0. The number of carbonyl (C=O) groups is 1. The average molecular weight is 417 g/mol. The molecule has 0 saturated carbocycles. The molecule has 0 spiro atoms. The first-order chi connectivity index (χ1) is 13.4. The van der Waals surface area contributed by atoms with Gasteiger partial charge in [-0.15, -0.1) is 0 Å². The van der Waals surface area contributed by atoms with E-state index in [2.05, 4.69) is 5.16 Å². The molecule has 1 amide bonds. The summed E-state index contributed by atoms with van der Waals surface area (Å²) < 4.78 is 30.9. The second kappa shape index (κ2) is 7.41. The van der Waals surface area contributed by atoms with Crippen LogP contribution in [0.1, 0.15) is 16.9 Å². The summed E-state index contributed by atoms with van der Waals surface area (Å²) in [4.78, 5) is 14.5. The number of rotatable bonds is 4. The van der Waals surface area contributed by atoms with E-state index in [1.807, 2.05) is 30.3 Å². The van der Waals surface area contributed by atoms with Crippen molar-refractivity contribution in [3.63, 3.8) is 0 Å². The molecule has 1 aliphatic heterocycles. The lowest BCUT2D eigenvalue weighted by Crippen LogP contribution is -2.32. The minimum Gasteiger partial charge on any atom is -0.355 e. The zero-order chi connectivity index (χ0) is 19.7. The van der Waals surface area contributed by atoms with Crippen LogP contribution >= 0.6 is 11.6 Å². The fraction of sp³-hybridized carbons (Fsp3) is 0.200. The maximum Gasteiger partial charge on any atom is 0.276 e. The highest BCUT2D eigenvalue weighted by Crippen LogP contribution is 2.27. The van der Waals surface area contributed by atoms with E-state index in [1.165, 1.54) is 17.0 Å². The van der Waals surface area contributed by atoms with Crippen molar-refractivity contribution < 1.29 is 17.7 Å². The molecule has 0 N–H and O–H groups in total. The van der Waals surface area contributed by atoms with Gasteiger partial charge in [-0.2, -0.15) is 0 Å². The number of sulfone groups is 1. The fourth-order valence-electron chi connectivity index (χ4n) is 3.26. The Bertz CT molecular complexity index is 1090. The van der Waals surface area contributed by atoms with Crippen molar-refractivity contribution in [2.75, 3.05) is 13.1 Å². The Morgan fingerprint density at radius 1 is 1.11 bits per heavy atom. The van der Waals surface area contributed by atoms with Crippen molar-refractivity contribution >= 4 is 27.3 Å². The average Bonchev–Trinajstić information content (AvgIpc) is 3.39. The molecule has 1 aromatic heterocycles. The predicted octanol–water partition coefficient (Wildman–Crippen LogP) is 3.68. The van der Waals surface area contributed by atoms with Crippen LogP contribution in [0.25, 0.3) is 11.3 Å². The number of halogens is 1. The summed E-state index contributed by atoms with van der Waals surface area (Å²) in [6.45, 7) is 0.473. The molecule has 0 radical (unpaired) electrons. The van der Waals surface area contributed by atoms with Crippen molar-refractivity contribution in [1.29, 1.82) is 0 Å². The van der Waals surface area contributed by atoms with Gasteiger partial charge in [0.1, 0.15) is 0 Å². The predicted molar refractivity (Wildman–Crippen MR) is 105 cm³/mol. The van der Waals surface area contributed by atoms with Crippen LogP contribution in [0, 0.1) is 0 Å². The highest BCUT2D eigenvalue weighted by atomic mass is 35.5. The van der Waals surface area contributed by atoms with Crippen LogP contribution in [0.2, 0.25) is 5.02 Å². The van der Waals surface area contributed by atoms with Crippen molar-refractivity contribution in [3.8, 4) is 11.3 Å². The van der Waals surface area contributed by atoms with Crippen LogP contribution in [0.15, 0.2) is 70.1 Å². The largest absolute Gasteiger partial charge is 0.355 e. The third-order valence-electron chi connectivity index (χ3n) is 4.80. The second-order valence-electron chi connectivity index (χ2n) is 6.60. The molecule has 8 heteroatoms. The van der Waals surface area contributed by atoms with E-state index in [0.29, 0.717) is 23.7 Å². The Labute approximate surface area is 167 Å². The second-order valence-corrected chi connectivity index (χ2v) is 9.27. The van der Waals surface area contributed by atoms with Gasteiger partial charge in [0.25, 0.3) is 5.91 Å². The minimum absolute atomic E-state index is 0.122. The van der Waals surface area contributed by atoms with E-state index in [-0.39, 0.29) is 23.0 Å². The number of hydrogen-bond donors (Lipinski definition) is 0. The van der Waals surface area contributed by atoms with Crippen LogP contribution in [0.3, 0.4) is 0 Å². The maximum atomic E-state index is 12.8. The lowest BCUT2D eigenvalue weighted by Gasteiger charge is -2.15. The summed E-state index contributed by atoms with van der Waals surface area (Å²) in [7, 11) is -3.54. The number of nitrogens with zero attached hydrogens (tertiary/aromatic N) is 2. The molecule has 2 heterocycles. The molecule has 1 atom stereocenters. The van der Waals surface area contributed by atoms with Gasteiger partial charge in [0.05, 0.1) is 10.1 Å². The summed E-state index contributed by atoms with van der Waals surface area (Å²) in [5.74, 6) is 0.160. The van der Waals surface area contributed by atoms with Crippen molar-refractivity contribution in [2.45, 2.75) is 16.6 Å². The van der Waals surface area contributed by atoms with Gasteiger partial charge in [-0.05, 0) is 30.7 Å². The van der Waals surface area contributed by atoms with Gasteiger partial charge in [0.15, 0.2) is 21.3 Å². The number of benzene rings is 2. The highest BCUT2D eigenvalue weighted by molar-refractivity contribution is 7.92. The number of likely N-dealkylation sites (tertiary alicyclic amines) is 1. The molecule has 3 aromatic rings. The van der Waals surface area contributed by atoms with Crippen molar-refractivity contribution in [3.05, 3.63) is 71.4 Å². The van der Waals surface area contributed by atoms with E-state index in [0.717, 1.165) is 5.56 Å². The molecule has 6 nitrogen and oxygen atoms in total. The zero-order valence-corrected chi connectivity index (χ0v) is 16.4. The molecule has 1 unspecified atom stereocenters. The van der Waals surface area contributed by atoms with Gasteiger partial charge in [0.2, 0.25) is 0 Å². The summed E-state index contributed by atoms with van der Waals surface area (Å²) in [6.07, 6.45) is 0.375. The van der Waals surface area contributed by atoms with Crippen LogP contribution in [-0.2, 0) is 9.84 Å². The Hall–Kier alpha value is -2.64. The quantitative estimate of drug-likeness (QED) is 0.648. The molecule has 0 aliphatic carbocycles. The van der Waals surface area contributed by atoms with Crippen molar-refractivity contribution in [1.82, 2.24) is 10.1 Å². The fourth-order valence-corrected chi connectivity index (χ4v) is 5.08. The minimum atomic E-state index is -3.54. The number of hydrogen-bond acceptors (Lipinski definition) is 5. The molecule has 0 bridgehead atoms. The van der Waals surface area contributed by atoms with E-state index in [4.69, 9.17) is 16.1 Å². The lowest BCUT2D eigenvalue weighted by molar-refractivity contribution is 0.0783. The van der Waals surface area contributed by atoms with E-state index in [9.17, 15) is 13.2 Å². The SMILES string of the molecule is O=C(c1cc(-c2ccccc2)on1)N1CCC(S(=O)(=O)c2ccc(Cl)cc2)C1. The van der Waals surface area contributed by atoms with E-state index >= 15 is 0 Å². The van der Waals surface area contributed by atoms with Gasteiger partial charge in [-0.3, -0.25) is 4.79 Å². The summed E-state index contributed by atoms with van der Waals surface area (Å²) in [6, 6.07) is 17.0. The van der Waals surface area contributed by atoms with Crippen molar-refractivity contribution in [2.24, 2.45) is 0 Å². The maximum absolute atomic E-state index is 12.8. The Kier molecular flexibility index (Phi) is 4.95. The summed E-state index contributed by atoms with van der Waals surface area (Å²) in [5.41, 5.74) is 0.988. The van der Waals surface area contributed by atoms with Gasteiger partial charge in [-0.1, -0.05) is 47.1 Å². The standard InChI is InChI=1S/C20H17ClN2O4S/c21-15-6-8-16(9-7-15)28(25,26)17-10-11-23(13-17)20(24)18-12-19(27-22-18)14-4-2-1-3-5-14/h1-9,12,17H,10-11,13H2. The van der Waals surface area contributed by atoms with E-state index < -0.39 is 15.1 Å². The van der Waals surface area contributed by atoms with Gasteiger partial charge < -0.3 is 9.42 Å². The monoisotopic (exact) mass is 416 g/mol. The Morgan fingerprint density at radius 3 is 2.54 bits per heavy atom. The first-order valence-electron chi connectivity index (χ1n) is 8.76. The van der Waals surface area contributed by atoms with Crippen LogP contribution < -0.4 is 0 Å². The number of amides is 1. The van der Waals surface area contributed by atoms with Gasteiger partial charge in [-0.25, -0.2) is 8.42 Å². The molecule has 1 fully saturated rings. The number of carbonyl (C=O) groups excluding carboxylic acids is 1. The number of aromatic nitrogens is 1. The smallest absolute Gasteiger partial charge is 0.276 e. The van der Waals surface area contributed by atoms with Crippen LogP contribution in [0.4, 0.5) is 0 Å². The topological polar surface area (TPSA) is 80.5 Å². The summed E-state index contributed by atoms with van der Waals surface area (Å²) >= 11 is 5.84. The first kappa shape index (κ1) is 18.7. The van der Waals surface area contributed by atoms with Crippen LogP contribution in [-0.4, -0.2) is 42.7 Å². The Morgan fingerprint density at radius 2 is 1.82 bits per heavy atom. The molecular weight excluding hydrogens is 400 g/mol. The molecule has 28 heavy (non-hydrogen) atoms. The molecule has 4 rings (SSSR count). The third-order valence-corrected chi connectivity index (χ3v) is 7.24.